The van der Waals surface area contributed by atoms with Crippen LogP contribution in [-0.2, 0) is 4.43 Å². The van der Waals surface area contributed by atoms with Gasteiger partial charge in [-0.25, -0.2) is 0 Å². The molecule has 0 bridgehead atoms. The highest BCUT2D eigenvalue weighted by molar-refractivity contribution is 5.97. The zero-order chi connectivity index (χ0) is 8.53. The van der Waals surface area contributed by atoms with Crippen LogP contribution in [0, 0.1) is 5.92 Å². The summed E-state index contributed by atoms with van der Waals surface area (Å²) in [5, 5.41) is 0. The van der Waals surface area contributed by atoms with E-state index >= 15 is 0 Å². The fraction of sp³-hybridized carbons (Fsp3) is 1.00. The third-order valence-corrected chi connectivity index (χ3v) is 2.40. The minimum atomic E-state index is 0.845. The van der Waals surface area contributed by atoms with E-state index in [4.69, 9.17) is 4.43 Å². The normalized spacial score (nSPS) is 13.6. The summed E-state index contributed by atoms with van der Waals surface area (Å²) in [5.41, 5.74) is 0. The summed E-state index contributed by atoms with van der Waals surface area (Å²) >= 11 is 0. The highest BCUT2D eigenvalue weighted by Crippen LogP contribution is 2.14. The Bertz CT molecular complexity index is 70.0. The molecule has 0 radical (unpaired) electrons. The van der Waals surface area contributed by atoms with E-state index in [1.807, 2.05) is 0 Å². The molecular weight excluding hydrogens is 152 g/mol. The Labute approximate surface area is 74.1 Å². The van der Waals surface area contributed by atoms with Crippen molar-refractivity contribution in [2.75, 3.05) is 6.61 Å². The van der Waals surface area contributed by atoms with E-state index in [9.17, 15) is 0 Å². The highest BCUT2D eigenvalue weighted by atomic mass is 28.2. The fourth-order valence-corrected chi connectivity index (χ4v) is 1.92. The van der Waals surface area contributed by atoms with Crippen molar-refractivity contribution in [3.63, 3.8) is 0 Å². The van der Waals surface area contributed by atoms with Crippen LogP contribution in [0.15, 0.2) is 0 Å². The number of rotatable bonds is 7. The molecule has 0 aromatic heterocycles. The maximum atomic E-state index is 5.29. The van der Waals surface area contributed by atoms with E-state index in [0.717, 1.165) is 23.0 Å². The van der Waals surface area contributed by atoms with Crippen molar-refractivity contribution in [1.29, 1.82) is 0 Å². The Balaban J connectivity index is 3.34. The van der Waals surface area contributed by atoms with Gasteiger partial charge in [0.15, 0.2) is 0 Å². The average Bonchev–Trinajstić information content (AvgIpc) is 2.01. The van der Waals surface area contributed by atoms with Crippen LogP contribution in [0.3, 0.4) is 0 Å². The van der Waals surface area contributed by atoms with Gasteiger partial charge in [0, 0.05) is 6.61 Å². The first-order chi connectivity index (χ1) is 5.35. The molecule has 0 aromatic carbocycles. The molecular formula is C9H22OSi. The molecule has 0 amide bonds. The van der Waals surface area contributed by atoms with E-state index < -0.39 is 0 Å². The Morgan fingerprint density at radius 3 is 2.36 bits per heavy atom. The Hall–Kier alpha value is 0.177. The fourth-order valence-electron chi connectivity index (χ4n) is 1.45. The molecule has 11 heavy (non-hydrogen) atoms. The smallest absolute Gasteiger partial charge is 0.145 e. The third kappa shape index (κ3) is 6.57. The number of hydrogen-bond donors (Lipinski definition) is 0. The molecule has 68 valence electrons. The van der Waals surface area contributed by atoms with Gasteiger partial charge in [-0.2, -0.15) is 0 Å². The summed E-state index contributed by atoms with van der Waals surface area (Å²) in [6.45, 7) is 5.52. The van der Waals surface area contributed by atoms with E-state index in [-0.39, 0.29) is 0 Å². The lowest BCUT2D eigenvalue weighted by molar-refractivity contribution is 0.245. The largest absolute Gasteiger partial charge is 0.428 e. The molecule has 0 aromatic rings. The van der Waals surface area contributed by atoms with Crippen molar-refractivity contribution in [1.82, 2.24) is 0 Å². The van der Waals surface area contributed by atoms with Crippen LogP contribution in [0.1, 0.15) is 46.0 Å². The van der Waals surface area contributed by atoms with Gasteiger partial charge in [-0.3, -0.25) is 0 Å². The van der Waals surface area contributed by atoms with Crippen molar-refractivity contribution in [3.05, 3.63) is 0 Å². The lowest BCUT2D eigenvalue weighted by Crippen LogP contribution is -2.08. The zero-order valence-corrected chi connectivity index (χ0v) is 10.2. The second-order valence-electron chi connectivity index (χ2n) is 3.25. The molecule has 0 aliphatic carbocycles. The molecule has 0 saturated heterocycles. The van der Waals surface area contributed by atoms with Crippen LogP contribution in [0.25, 0.3) is 0 Å². The van der Waals surface area contributed by atoms with Crippen LogP contribution in [-0.4, -0.2) is 17.1 Å². The number of hydrogen-bond acceptors (Lipinski definition) is 1. The van der Waals surface area contributed by atoms with Crippen LogP contribution in [0.2, 0.25) is 0 Å². The van der Waals surface area contributed by atoms with Crippen molar-refractivity contribution < 1.29 is 4.43 Å². The molecule has 0 fully saturated rings. The van der Waals surface area contributed by atoms with Crippen LogP contribution >= 0.6 is 0 Å². The van der Waals surface area contributed by atoms with Gasteiger partial charge >= 0.3 is 0 Å². The summed E-state index contributed by atoms with van der Waals surface area (Å²) in [5.74, 6) is 0.845. The average molecular weight is 174 g/mol. The van der Waals surface area contributed by atoms with E-state index in [2.05, 4.69) is 13.8 Å². The second kappa shape index (κ2) is 8.28. The first-order valence-electron chi connectivity index (χ1n) is 4.84. The minimum Gasteiger partial charge on any atom is -0.428 e. The monoisotopic (exact) mass is 174 g/mol. The van der Waals surface area contributed by atoms with Crippen molar-refractivity contribution in [3.8, 4) is 0 Å². The summed E-state index contributed by atoms with van der Waals surface area (Å²) in [4.78, 5) is 0. The standard InChI is InChI=1S/C9H22OSi/c1-3-5-7-9(6-4-2)8-10-11/h9H,3-8H2,1-2,11H3. The Morgan fingerprint density at radius 2 is 1.91 bits per heavy atom. The molecule has 0 aliphatic heterocycles. The molecule has 0 spiro atoms. The van der Waals surface area contributed by atoms with Crippen molar-refractivity contribution >= 4 is 10.5 Å². The van der Waals surface area contributed by atoms with Gasteiger partial charge < -0.3 is 4.43 Å². The molecule has 0 N–H and O–H groups in total. The van der Waals surface area contributed by atoms with Gasteiger partial charge in [-0.15, -0.1) is 0 Å². The van der Waals surface area contributed by atoms with Crippen LogP contribution in [0.4, 0.5) is 0 Å². The Kier molecular flexibility index (Phi) is 8.41. The first kappa shape index (κ1) is 11.2. The maximum absolute atomic E-state index is 5.29. The molecule has 0 saturated carbocycles. The highest BCUT2D eigenvalue weighted by Gasteiger charge is 2.05. The second-order valence-corrected chi connectivity index (χ2v) is 3.83. The van der Waals surface area contributed by atoms with Crippen molar-refractivity contribution in [2.24, 2.45) is 5.92 Å². The van der Waals surface area contributed by atoms with Crippen molar-refractivity contribution in [2.45, 2.75) is 46.0 Å². The van der Waals surface area contributed by atoms with Gasteiger partial charge in [0.05, 0.1) is 0 Å². The van der Waals surface area contributed by atoms with Gasteiger partial charge in [0.1, 0.15) is 10.5 Å². The van der Waals surface area contributed by atoms with Gasteiger partial charge in [-0.05, 0) is 18.8 Å². The predicted octanol–water partition coefficient (Wildman–Crippen LogP) is 1.89. The minimum absolute atomic E-state index is 0.845. The van der Waals surface area contributed by atoms with E-state index in [0.29, 0.717) is 0 Å². The molecule has 1 atom stereocenters. The molecule has 2 heteroatoms. The van der Waals surface area contributed by atoms with Gasteiger partial charge in [-0.1, -0.05) is 33.1 Å². The molecule has 0 rings (SSSR count). The maximum Gasteiger partial charge on any atom is 0.145 e. The SMILES string of the molecule is CCCCC(CCC)CO[SiH3]. The lowest BCUT2D eigenvalue weighted by Gasteiger charge is -2.14. The van der Waals surface area contributed by atoms with Crippen LogP contribution in [0.5, 0.6) is 0 Å². The van der Waals surface area contributed by atoms with E-state index in [1.165, 1.54) is 32.1 Å². The molecule has 1 unspecified atom stereocenters. The van der Waals surface area contributed by atoms with Gasteiger partial charge in [0.25, 0.3) is 0 Å². The summed E-state index contributed by atoms with van der Waals surface area (Å²) < 4.78 is 5.29. The Morgan fingerprint density at radius 1 is 1.18 bits per heavy atom. The van der Waals surface area contributed by atoms with Crippen LogP contribution < -0.4 is 0 Å². The first-order valence-corrected chi connectivity index (χ1v) is 5.65. The topological polar surface area (TPSA) is 9.23 Å². The predicted molar refractivity (Wildman–Crippen MR) is 53.8 cm³/mol. The summed E-state index contributed by atoms with van der Waals surface area (Å²) in [7, 11) is 0.903. The molecule has 0 heterocycles. The summed E-state index contributed by atoms with van der Waals surface area (Å²) in [6, 6.07) is 0. The quantitative estimate of drug-likeness (QED) is 0.536. The summed E-state index contributed by atoms with van der Waals surface area (Å²) in [6.07, 6.45) is 6.71. The zero-order valence-electron chi connectivity index (χ0n) is 8.23. The molecule has 1 nitrogen and oxygen atoms in total. The molecule has 0 aliphatic rings. The number of unbranched alkanes of at least 4 members (excludes halogenated alkanes) is 1. The van der Waals surface area contributed by atoms with Gasteiger partial charge in [0.2, 0.25) is 0 Å². The lowest BCUT2D eigenvalue weighted by atomic mass is 9.98. The third-order valence-electron chi connectivity index (χ3n) is 2.07. The van der Waals surface area contributed by atoms with E-state index in [1.54, 1.807) is 0 Å².